The van der Waals surface area contributed by atoms with Gasteiger partial charge in [0, 0.05) is 6.04 Å². The first-order valence-corrected chi connectivity index (χ1v) is 13.0. The summed E-state index contributed by atoms with van der Waals surface area (Å²) in [4.78, 5) is 51.3. The molecule has 0 saturated heterocycles. The van der Waals surface area contributed by atoms with Crippen molar-refractivity contribution in [1.82, 2.24) is 9.13 Å². The van der Waals surface area contributed by atoms with Crippen LogP contribution in [0.4, 0.5) is 0 Å². The lowest BCUT2D eigenvalue weighted by Gasteiger charge is -2.42. The van der Waals surface area contributed by atoms with Crippen LogP contribution >= 0.6 is 0 Å². The van der Waals surface area contributed by atoms with E-state index >= 15 is 0 Å². The smallest absolute Gasteiger partial charge is 0.334 e. The van der Waals surface area contributed by atoms with E-state index in [0.29, 0.717) is 12.8 Å². The van der Waals surface area contributed by atoms with Crippen molar-refractivity contribution in [2.24, 2.45) is 5.73 Å². The Labute approximate surface area is 215 Å². The van der Waals surface area contributed by atoms with Crippen LogP contribution in [-0.2, 0) is 22.2 Å². The van der Waals surface area contributed by atoms with Crippen LogP contribution in [0, 0.1) is 0 Å². The molecule has 1 unspecified atom stereocenters. The summed E-state index contributed by atoms with van der Waals surface area (Å²) in [5.74, 6) is -3.69. The third-order valence-electron chi connectivity index (χ3n) is 8.34. The number of carbonyl (C=O) groups excluding carboxylic acids is 1. The Morgan fingerprint density at radius 3 is 2.22 bits per heavy atom. The number of hydrogen-bond donors (Lipinski definition) is 3. The van der Waals surface area contributed by atoms with Gasteiger partial charge in [-0.3, -0.25) is 23.5 Å². The Hall–Kier alpha value is -3.20. The van der Waals surface area contributed by atoms with Crippen molar-refractivity contribution in [1.29, 1.82) is 0 Å². The second-order valence-corrected chi connectivity index (χ2v) is 11.9. The number of ketones is 1. The lowest BCUT2D eigenvalue weighted by molar-refractivity contribution is -0.137. The van der Waals surface area contributed by atoms with Crippen molar-refractivity contribution in [2.75, 3.05) is 0 Å². The summed E-state index contributed by atoms with van der Waals surface area (Å²) < 4.78 is 2.02. The quantitative estimate of drug-likeness (QED) is 0.399. The highest BCUT2D eigenvalue weighted by Crippen LogP contribution is 2.46. The molecule has 0 bridgehead atoms. The molecular formula is C28H37N3O6. The molecule has 0 spiro atoms. The van der Waals surface area contributed by atoms with Gasteiger partial charge in [0.1, 0.15) is 5.56 Å². The van der Waals surface area contributed by atoms with Gasteiger partial charge in [-0.15, -0.1) is 0 Å². The Bertz CT molecular complexity index is 1360. The van der Waals surface area contributed by atoms with Gasteiger partial charge in [-0.25, -0.2) is 4.79 Å². The first kappa shape index (κ1) is 26.9. The third kappa shape index (κ3) is 4.77. The van der Waals surface area contributed by atoms with Gasteiger partial charge in [0.05, 0.1) is 6.54 Å². The molecule has 1 aromatic heterocycles. The standard InChI is InChI=1S/C28H37N3O6/c1-27(2)12-13-28(3,4)19-14-16(10-11-18(19)27)15-30-23(33)20(22(32)21(29)25(35)36)24(34)31(26(30)37)17-8-6-5-7-9-17/h10-11,14,17,21,33H,5-9,12-13,15,29H2,1-4H3,(H,35,36). The van der Waals surface area contributed by atoms with Gasteiger partial charge in [-0.05, 0) is 53.2 Å². The van der Waals surface area contributed by atoms with Crippen molar-refractivity contribution >= 4 is 11.8 Å². The molecule has 2 aliphatic carbocycles. The highest BCUT2D eigenvalue weighted by molar-refractivity contribution is 6.12. The minimum absolute atomic E-state index is 0.00310. The summed E-state index contributed by atoms with van der Waals surface area (Å²) in [6, 6.07) is 3.52. The maximum atomic E-state index is 13.6. The van der Waals surface area contributed by atoms with E-state index in [9.17, 15) is 29.4 Å². The van der Waals surface area contributed by atoms with Gasteiger partial charge in [-0.2, -0.15) is 0 Å². The fourth-order valence-electron chi connectivity index (χ4n) is 5.86. The Morgan fingerprint density at radius 1 is 1.03 bits per heavy atom. The second-order valence-electron chi connectivity index (χ2n) is 11.9. The molecule has 0 radical (unpaired) electrons. The largest absolute Gasteiger partial charge is 0.494 e. The number of aliphatic carboxylic acids is 1. The summed E-state index contributed by atoms with van der Waals surface area (Å²) in [5, 5.41) is 20.3. The summed E-state index contributed by atoms with van der Waals surface area (Å²) in [6.45, 7) is 8.70. The number of nitrogens with zero attached hydrogens (tertiary/aromatic N) is 2. The number of hydrogen-bond acceptors (Lipinski definition) is 6. The Kier molecular flexibility index (Phi) is 6.96. The van der Waals surface area contributed by atoms with Crippen LogP contribution < -0.4 is 17.0 Å². The number of aromatic nitrogens is 2. The molecule has 1 saturated carbocycles. The lowest BCUT2D eigenvalue weighted by atomic mass is 9.63. The van der Waals surface area contributed by atoms with Crippen molar-refractivity contribution in [3.8, 4) is 5.88 Å². The number of benzene rings is 1. The maximum Gasteiger partial charge on any atom is 0.334 e. The average Bonchev–Trinajstić information content (AvgIpc) is 2.84. The minimum Gasteiger partial charge on any atom is -0.494 e. The molecule has 1 fully saturated rings. The summed E-state index contributed by atoms with van der Waals surface area (Å²) in [7, 11) is 0. The topological polar surface area (TPSA) is 145 Å². The van der Waals surface area contributed by atoms with Gasteiger partial charge in [0.2, 0.25) is 11.7 Å². The van der Waals surface area contributed by atoms with Crippen LogP contribution in [0.1, 0.15) is 106 Å². The molecule has 9 nitrogen and oxygen atoms in total. The van der Waals surface area contributed by atoms with E-state index in [4.69, 9.17) is 5.73 Å². The molecular weight excluding hydrogens is 474 g/mol. The van der Waals surface area contributed by atoms with Crippen LogP contribution in [0.15, 0.2) is 27.8 Å². The molecule has 4 rings (SSSR count). The van der Waals surface area contributed by atoms with Crippen molar-refractivity contribution < 1.29 is 19.8 Å². The summed E-state index contributed by atoms with van der Waals surface area (Å²) in [6.07, 6.45) is 5.85. The SMILES string of the molecule is CC1(C)CCC(C)(C)c2cc(Cn3c(O)c(C(=O)C(N)C(=O)O)c(=O)n(C4CCCCC4)c3=O)ccc21. The number of nitrogens with two attached hydrogens (primary N) is 1. The zero-order chi connectivity index (χ0) is 27.3. The number of carboxylic acids is 1. The predicted octanol–water partition coefficient (Wildman–Crippen LogP) is 3.21. The average molecular weight is 512 g/mol. The third-order valence-corrected chi connectivity index (χ3v) is 8.34. The zero-order valence-corrected chi connectivity index (χ0v) is 22.0. The molecule has 4 N–H and O–H groups in total. The number of Topliss-reactive ketones (excluding diaryl/α,β-unsaturated/α-hetero) is 1. The van der Waals surface area contributed by atoms with Crippen LogP contribution in [0.5, 0.6) is 5.88 Å². The first-order chi connectivity index (χ1) is 17.3. The van der Waals surface area contributed by atoms with E-state index in [1.165, 1.54) is 11.1 Å². The molecule has 0 amide bonds. The maximum absolute atomic E-state index is 13.6. The van der Waals surface area contributed by atoms with Crippen LogP contribution in [0.3, 0.4) is 0 Å². The molecule has 1 atom stereocenters. The van der Waals surface area contributed by atoms with Gasteiger partial charge in [-0.1, -0.05) is 65.2 Å². The summed E-state index contributed by atoms with van der Waals surface area (Å²) >= 11 is 0. The molecule has 200 valence electrons. The fourth-order valence-corrected chi connectivity index (χ4v) is 5.86. The van der Waals surface area contributed by atoms with E-state index in [0.717, 1.165) is 46.8 Å². The molecule has 9 heteroatoms. The van der Waals surface area contributed by atoms with Crippen molar-refractivity contribution in [2.45, 2.75) is 102 Å². The molecule has 37 heavy (non-hydrogen) atoms. The van der Waals surface area contributed by atoms with E-state index in [-0.39, 0.29) is 17.4 Å². The van der Waals surface area contributed by atoms with Gasteiger partial charge in [0.25, 0.3) is 5.56 Å². The normalized spacial score (nSPS) is 19.7. The van der Waals surface area contributed by atoms with Crippen LogP contribution in [0.2, 0.25) is 0 Å². The molecule has 1 heterocycles. The lowest BCUT2D eigenvalue weighted by Crippen LogP contribution is -2.48. The Balaban J connectivity index is 1.89. The highest BCUT2D eigenvalue weighted by atomic mass is 16.4. The highest BCUT2D eigenvalue weighted by Gasteiger charge is 2.37. The van der Waals surface area contributed by atoms with E-state index in [1.807, 2.05) is 12.1 Å². The van der Waals surface area contributed by atoms with Crippen LogP contribution in [-0.4, -0.2) is 37.1 Å². The van der Waals surface area contributed by atoms with Gasteiger partial charge < -0.3 is 15.9 Å². The van der Waals surface area contributed by atoms with Crippen molar-refractivity contribution in [3.63, 3.8) is 0 Å². The number of rotatable bonds is 6. The zero-order valence-electron chi connectivity index (χ0n) is 22.0. The van der Waals surface area contributed by atoms with Crippen LogP contribution in [0.25, 0.3) is 0 Å². The van der Waals surface area contributed by atoms with E-state index < -0.39 is 46.5 Å². The minimum atomic E-state index is -2.03. The molecule has 2 aromatic rings. The molecule has 0 aliphatic heterocycles. The number of aromatic hydroxyl groups is 1. The van der Waals surface area contributed by atoms with Crippen molar-refractivity contribution in [3.05, 3.63) is 61.3 Å². The van der Waals surface area contributed by atoms with E-state index in [1.54, 1.807) is 0 Å². The number of carbonyl (C=O) groups is 2. The predicted molar refractivity (Wildman–Crippen MR) is 140 cm³/mol. The molecule has 1 aromatic carbocycles. The first-order valence-electron chi connectivity index (χ1n) is 13.0. The van der Waals surface area contributed by atoms with Gasteiger partial charge >= 0.3 is 11.7 Å². The number of carboxylic acid groups (broad SMARTS) is 1. The number of fused-ring (bicyclic) bond motifs is 1. The Morgan fingerprint density at radius 2 is 1.62 bits per heavy atom. The monoisotopic (exact) mass is 511 g/mol. The second kappa shape index (κ2) is 9.59. The van der Waals surface area contributed by atoms with Gasteiger partial charge in [0.15, 0.2) is 6.04 Å². The summed E-state index contributed by atoms with van der Waals surface area (Å²) in [5.41, 5.74) is 6.14. The fraction of sp³-hybridized carbons (Fsp3) is 0.571. The van der Waals surface area contributed by atoms with E-state index in [2.05, 4.69) is 33.8 Å². The molecule has 2 aliphatic rings.